The minimum atomic E-state index is -0.529. The standard InChI is InChI=1S/C18H18N4O3S/c1-11-5-3-4-6-14(11)20-16(23)9-15-17(24)21-18(26-15)22-19-10-13-8-7-12(2)25-13/h3-8,10,15H,9H2,1-2H3,(H,20,23)(H,21,22,24)/b19-10+. The summed E-state index contributed by atoms with van der Waals surface area (Å²) in [6, 6.07) is 11.1. The Bertz CT molecular complexity index is 888. The summed E-state index contributed by atoms with van der Waals surface area (Å²) in [5.74, 6) is 0.887. The summed E-state index contributed by atoms with van der Waals surface area (Å²) >= 11 is 1.19. The molecule has 1 atom stereocenters. The Morgan fingerprint density at radius 3 is 2.85 bits per heavy atom. The van der Waals surface area contributed by atoms with Crippen LogP contribution in [0.3, 0.4) is 0 Å². The summed E-state index contributed by atoms with van der Waals surface area (Å²) in [6.45, 7) is 3.75. The van der Waals surface area contributed by atoms with Gasteiger partial charge >= 0.3 is 0 Å². The number of amidine groups is 1. The van der Waals surface area contributed by atoms with Gasteiger partial charge in [-0.05, 0) is 37.6 Å². The third kappa shape index (κ3) is 4.60. The number of hydrogen-bond acceptors (Lipinski definition) is 6. The van der Waals surface area contributed by atoms with Gasteiger partial charge in [0.25, 0.3) is 0 Å². The van der Waals surface area contributed by atoms with Crippen LogP contribution < -0.4 is 10.6 Å². The van der Waals surface area contributed by atoms with Crippen molar-refractivity contribution in [3.8, 4) is 0 Å². The summed E-state index contributed by atoms with van der Waals surface area (Å²) < 4.78 is 5.34. The van der Waals surface area contributed by atoms with E-state index in [9.17, 15) is 9.59 Å². The van der Waals surface area contributed by atoms with E-state index in [4.69, 9.17) is 4.42 Å². The molecule has 1 aliphatic rings. The number of nitrogens with one attached hydrogen (secondary N) is 2. The molecule has 0 aliphatic carbocycles. The summed E-state index contributed by atoms with van der Waals surface area (Å²) in [4.78, 5) is 24.2. The maximum Gasteiger partial charge on any atom is 0.240 e. The van der Waals surface area contributed by atoms with Gasteiger partial charge in [0, 0.05) is 12.1 Å². The molecule has 1 unspecified atom stereocenters. The first-order valence-corrected chi connectivity index (χ1v) is 8.89. The van der Waals surface area contributed by atoms with E-state index in [1.54, 1.807) is 6.07 Å². The van der Waals surface area contributed by atoms with Crippen LogP contribution in [0.4, 0.5) is 5.69 Å². The second kappa shape index (κ2) is 8.01. The van der Waals surface area contributed by atoms with Crippen molar-refractivity contribution in [2.24, 2.45) is 10.2 Å². The van der Waals surface area contributed by atoms with Crippen LogP contribution in [0.25, 0.3) is 0 Å². The predicted molar refractivity (Wildman–Crippen MR) is 102 cm³/mol. The number of amides is 2. The lowest BCUT2D eigenvalue weighted by atomic mass is 10.2. The molecule has 3 rings (SSSR count). The zero-order valence-corrected chi connectivity index (χ0v) is 15.2. The number of thioether (sulfide) groups is 1. The molecule has 2 aromatic rings. The summed E-state index contributed by atoms with van der Waals surface area (Å²) in [6.07, 6.45) is 1.52. The topological polar surface area (TPSA) is 96.1 Å². The Hall–Kier alpha value is -2.87. The summed E-state index contributed by atoms with van der Waals surface area (Å²) in [5.41, 5.74) is 1.71. The Kier molecular flexibility index (Phi) is 5.52. The lowest BCUT2D eigenvalue weighted by molar-refractivity contribution is -0.122. The molecule has 8 heteroatoms. The second-order valence-corrected chi connectivity index (χ2v) is 6.95. The molecule has 134 valence electrons. The molecule has 1 fully saturated rings. The van der Waals surface area contributed by atoms with Crippen LogP contribution in [-0.2, 0) is 9.59 Å². The highest BCUT2D eigenvalue weighted by molar-refractivity contribution is 8.15. The maximum absolute atomic E-state index is 12.2. The molecule has 1 saturated heterocycles. The minimum absolute atomic E-state index is 0.0605. The van der Waals surface area contributed by atoms with E-state index in [1.165, 1.54) is 18.0 Å². The molecule has 1 aromatic carbocycles. The van der Waals surface area contributed by atoms with Crippen molar-refractivity contribution in [3.63, 3.8) is 0 Å². The number of nitrogens with zero attached hydrogens (tertiary/aromatic N) is 2. The molecule has 0 radical (unpaired) electrons. The number of hydrogen-bond donors (Lipinski definition) is 2. The fourth-order valence-electron chi connectivity index (χ4n) is 2.33. The molecule has 1 aromatic heterocycles. The molecule has 26 heavy (non-hydrogen) atoms. The van der Waals surface area contributed by atoms with Gasteiger partial charge in [-0.15, -0.1) is 5.10 Å². The van der Waals surface area contributed by atoms with Crippen LogP contribution in [0, 0.1) is 13.8 Å². The highest BCUT2D eigenvalue weighted by Crippen LogP contribution is 2.23. The largest absolute Gasteiger partial charge is 0.460 e. The van der Waals surface area contributed by atoms with Gasteiger partial charge in [0.05, 0.1) is 6.21 Å². The van der Waals surface area contributed by atoms with E-state index in [-0.39, 0.29) is 18.2 Å². The SMILES string of the molecule is Cc1ccc(/C=N/N=C2/NC(=O)C(CC(=O)Nc3ccccc3C)S2)o1. The molecule has 1 aliphatic heterocycles. The van der Waals surface area contributed by atoms with E-state index in [2.05, 4.69) is 20.8 Å². The minimum Gasteiger partial charge on any atom is -0.460 e. The molecule has 0 bridgehead atoms. The fourth-order valence-corrected chi connectivity index (χ4v) is 3.25. The van der Waals surface area contributed by atoms with Crippen LogP contribution in [0.15, 0.2) is 51.0 Å². The number of benzene rings is 1. The predicted octanol–water partition coefficient (Wildman–Crippen LogP) is 2.85. The van der Waals surface area contributed by atoms with Crippen molar-refractivity contribution in [1.29, 1.82) is 0 Å². The van der Waals surface area contributed by atoms with E-state index in [1.807, 2.05) is 44.2 Å². The van der Waals surface area contributed by atoms with Gasteiger partial charge in [-0.1, -0.05) is 30.0 Å². The molecule has 2 N–H and O–H groups in total. The van der Waals surface area contributed by atoms with Crippen molar-refractivity contribution >= 4 is 40.6 Å². The van der Waals surface area contributed by atoms with Gasteiger partial charge in [-0.3, -0.25) is 9.59 Å². The van der Waals surface area contributed by atoms with Crippen molar-refractivity contribution in [2.45, 2.75) is 25.5 Å². The van der Waals surface area contributed by atoms with Crippen molar-refractivity contribution in [1.82, 2.24) is 5.32 Å². The average molecular weight is 370 g/mol. The van der Waals surface area contributed by atoms with Gasteiger partial charge in [-0.25, -0.2) is 0 Å². The Morgan fingerprint density at radius 2 is 2.12 bits per heavy atom. The molecular formula is C18H18N4O3S. The number of para-hydroxylation sites is 1. The Labute approximate surface area is 155 Å². The monoisotopic (exact) mass is 370 g/mol. The molecule has 0 spiro atoms. The van der Waals surface area contributed by atoms with E-state index < -0.39 is 5.25 Å². The highest BCUT2D eigenvalue weighted by atomic mass is 32.2. The number of carbonyl (C=O) groups is 2. The first-order chi connectivity index (χ1) is 12.5. The van der Waals surface area contributed by atoms with Gasteiger partial charge in [-0.2, -0.15) is 5.10 Å². The number of aryl methyl sites for hydroxylation is 2. The average Bonchev–Trinajstić information content (AvgIpc) is 3.16. The maximum atomic E-state index is 12.2. The van der Waals surface area contributed by atoms with Gasteiger partial charge in [0.2, 0.25) is 11.8 Å². The normalized spacial score (nSPS) is 18.5. The quantitative estimate of drug-likeness (QED) is 0.625. The lowest BCUT2D eigenvalue weighted by Crippen LogP contribution is -2.28. The first kappa shape index (κ1) is 17.9. The smallest absolute Gasteiger partial charge is 0.240 e. The van der Waals surface area contributed by atoms with Gasteiger partial charge in [0.1, 0.15) is 16.8 Å². The van der Waals surface area contributed by atoms with E-state index >= 15 is 0 Å². The number of furan rings is 1. The lowest BCUT2D eigenvalue weighted by Gasteiger charge is -2.09. The van der Waals surface area contributed by atoms with Crippen LogP contribution in [-0.4, -0.2) is 28.4 Å². The third-order valence-corrected chi connectivity index (χ3v) is 4.73. The highest BCUT2D eigenvalue weighted by Gasteiger charge is 2.32. The van der Waals surface area contributed by atoms with Crippen molar-refractivity contribution in [3.05, 3.63) is 53.5 Å². The van der Waals surface area contributed by atoms with Crippen LogP contribution in [0.1, 0.15) is 23.5 Å². The molecule has 7 nitrogen and oxygen atoms in total. The Morgan fingerprint density at radius 1 is 1.31 bits per heavy atom. The zero-order chi connectivity index (χ0) is 18.5. The van der Waals surface area contributed by atoms with Crippen LogP contribution >= 0.6 is 11.8 Å². The second-order valence-electron chi connectivity index (χ2n) is 5.76. The number of rotatable bonds is 5. The molecular weight excluding hydrogens is 352 g/mol. The summed E-state index contributed by atoms with van der Waals surface area (Å²) in [7, 11) is 0. The van der Waals surface area contributed by atoms with Crippen molar-refractivity contribution in [2.75, 3.05) is 5.32 Å². The van der Waals surface area contributed by atoms with E-state index in [0.29, 0.717) is 10.9 Å². The van der Waals surface area contributed by atoms with Gasteiger partial charge in [0.15, 0.2) is 5.17 Å². The third-order valence-electron chi connectivity index (χ3n) is 3.66. The molecule has 2 heterocycles. The Balaban J connectivity index is 1.56. The van der Waals surface area contributed by atoms with Crippen LogP contribution in [0.5, 0.6) is 0 Å². The zero-order valence-electron chi connectivity index (χ0n) is 14.4. The summed E-state index contributed by atoms with van der Waals surface area (Å²) in [5, 5.41) is 13.1. The van der Waals surface area contributed by atoms with Crippen molar-refractivity contribution < 1.29 is 14.0 Å². The fraction of sp³-hybridized carbons (Fsp3) is 0.222. The van der Waals surface area contributed by atoms with Gasteiger partial charge < -0.3 is 15.1 Å². The number of carbonyl (C=O) groups excluding carboxylic acids is 2. The van der Waals surface area contributed by atoms with E-state index in [0.717, 1.165) is 17.0 Å². The molecule has 2 amide bonds. The first-order valence-electron chi connectivity index (χ1n) is 8.02. The number of anilines is 1. The molecule has 0 saturated carbocycles. The van der Waals surface area contributed by atoms with Crippen LogP contribution in [0.2, 0.25) is 0 Å².